The lowest BCUT2D eigenvalue weighted by Gasteiger charge is -2.02. The highest BCUT2D eigenvalue weighted by atomic mass is 35.5. The minimum absolute atomic E-state index is 0.0823. The zero-order valence-corrected chi connectivity index (χ0v) is 9.72. The van der Waals surface area contributed by atoms with Crippen LogP contribution in [0, 0.1) is 6.92 Å². The summed E-state index contributed by atoms with van der Waals surface area (Å²) in [6.45, 7) is 1.68. The fraction of sp³-hybridized carbons (Fsp3) is 0.400. The second-order valence-corrected chi connectivity index (χ2v) is 3.68. The van der Waals surface area contributed by atoms with Crippen molar-refractivity contribution in [1.82, 2.24) is 4.98 Å². The second-order valence-electron chi connectivity index (χ2n) is 3.30. The SMILES string of the molecule is COC(=O)c1c(C)[nH]c(Cl)c1CCC(=O)O. The predicted octanol–water partition coefficient (Wildman–Crippen LogP) is 1.78. The summed E-state index contributed by atoms with van der Waals surface area (Å²) in [5.41, 5.74) is 1.40. The van der Waals surface area contributed by atoms with E-state index in [1.54, 1.807) is 6.92 Å². The molecule has 1 aromatic heterocycles. The molecule has 1 aromatic rings. The Kier molecular flexibility index (Phi) is 3.95. The van der Waals surface area contributed by atoms with Gasteiger partial charge >= 0.3 is 11.9 Å². The molecule has 16 heavy (non-hydrogen) atoms. The van der Waals surface area contributed by atoms with Crippen LogP contribution in [0.15, 0.2) is 0 Å². The minimum atomic E-state index is -0.939. The number of methoxy groups -OCH3 is 1. The molecule has 0 aliphatic rings. The standard InChI is InChI=1S/C10H12ClNO4/c1-5-8(10(15)16-2)6(9(11)12-5)3-4-7(13)14/h12H,3-4H2,1-2H3,(H,13,14). The highest BCUT2D eigenvalue weighted by Gasteiger charge is 2.21. The van der Waals surface area contributed by atoms with Gasteiger partial charge in [0.1, 0.15) is 5.15 Å². The number of rotatable bonds is 4. The van der Waals surface area contributed by atoms with E-state index in [2.05, 4.69) is 9.72 Å². The van der Waals surface area contributed by atoms with Crippen molar-refractivity contribution in [2.24, 2.45) is 0 Å². The van der Waals surface area contributed by atoms with Crippen LogP contribution in [0.2, 0.25) is 5.15 Å². The van der Waals surface area contributed by atoms with Crippen molar-refractivity contribution in [3.63, 3.8) is 0 Å². The van der Waals surface area contributed by atoms with E-state index in [4.69, 9.17) is 16.7 Å². The number of ether oxygens (including phenoxy) is 1. The number of aliphatic carboxylic acids is 1. The average molecular weight is 246 g/mol. The number of carbonyl (C=O) groups excluding carboxylic acids is 1. The maximum Gasteiger partial charge on any atom is 0.340 e. The molecule has 0 aliphatic carbocycles. The molecular formula is C10H12ClNO4. The van der Waals surface area contributed by atoms with Crippen molar-refractivity contribution < 1.29 is 19.4 Å². The van der Waals surface area contributed by atoms with Crippen LogP contribution in [-0.4, -0.2) is 29.1 Å². The molecule has 0 saturated carbocycles. The average Bonchev–Trinajstić information content (AvgIpc) is 2.49. The van der Waals surface area contributed by atoms with E-state index in [9.17, 15) is 9.59 Å². The van der Waals surface area contributed by atoms with Crippen LogP contribution in [0.3, 0.4) is 0 Å². The molecule has 0 radical (unpaired) electrons. The number of esters is 1. The molecule has 2 N–H and O–H groups in total. The van der Waals surface area contributed by atoms with Gasteiger partial charge in [-0.2, -0.15) is 0 Å². The van der Waals surface area contributed by atoms with Crippen molar-refractivity contribution in [1.29, 1.82) is 0 Å². The number of carboxylic acids is 1. The zero-order chi connectivity index (χ0) is 12.3. The number of H-pyrrole nitrogens is 1. The van der Waals surface area contributed by atoms with Crippen molar-refractivity contribution in [2.45, 2.75) is 19.8 Å². The number of carboxylic acid groups (broad SMARTS) is 1. The number of hydrogen-bond acceptors (Lipinski definition) is 3. The molecule has 1 rings (SSSR count). The Balaban J connectivity index is 3.05. The zero-order valence-electron chi connectivity index (χ0n) is 8.96. The first-order valence-electron chi connectivity index (χ1n) is 4.64. The maximum absolute atomic E-state index is 11.5. The number of hydrogen-bond donors (Lipinski definition) is 2. The Bertz CT molecular complexity index is 425. The fourth-order valence-corrected chi connectivity index (χ4v) is 1.81. The third-order valence-electron chi connectivity index (χ3n) is 2.22. The molecule has 0 aromatic carbocycles. The first-order chi connectivity index (χ1) is 7.47. The third-order valence-corrected chi connectivity index (χ3v) is 2.54. The second kappa shape index (κ2) is 5.03. The van der Waals surface area contributed by atoms with Crippen LogP contribution in [-0.2, 0) is 16.0 Å². The molecule has 5 nitrogen and oxygen atoms in total. The van der Waals surface area contributed by atoms with Gasteiger partial charge in [0.25, 0.3) is 0 Å². The number of carbonyl (C=O) groups is 2. The lowest BCUT2D eigenvalue weighted by atomic mass is 10.1. The van der Waals surface area contributed by atoms with Crippen LogP contribution in [0.25, 0.3) is 0 Å². The molecular weight excluding hydrogens is 234 g/mol. The molecule has 0 spiro atoms. The summed E-state index contributed by atoms with van der Waals surface area (Å²) >= 11 is 5.88. The van der Waals surface area contributed by atoms with E-state index in [-0.39, 0.29) is 12.8 Å². The summed E-state index contributed by atoms with van der Waals surface area (Å²) in [4.78, 5) is 24.7. The molecule has 0 fully saturated rings. The molecule has 1 heterocycles. The summed E-state index contributed by atoms with van der Waals surface area (Å²) in [6, 6.07) is 0. The monoisotopic (exact) mass is 245 g/mol. The van der Waals surface area contributed by atoms with Crippen LogP contribution >= 0.6 is 11.6 Å². The Morgan fingerprint density at radius 2 is 2.12 bits per heavy atom. The summed E-state index contributed by atoms with van der Waals surface area (Å²) in [6.07, 6.45) is 0.115. The van der Waals surface area contributed by atoms with Gasteiger partial charge in [-0.15, -0.1) is 0 Å². The summed E-state index contributed by atoms with van der Waals surface area (Å²) in [5, 5.41) is 8.88. The van der Waals surface area contributed by atoms with E-state index < -0.39 is 11.9 Å². The van der Waals surface area contributed by atoms with Gasteiger partial charge in [-0.25, -0.2) is 4.79 Å². The molecule has 0 amide bonds. The summed E-state index contributed by atoms with van der Waals surface area (Å²) in [7, 11) is 1.27. The Morgan fingerprint density at radius 1 is 1.50 bits per heavy atom. The van der Waals surface area contributed by atoms with Crippen molar-refractivity contribution in [2.75, 3.05) is 7.11 Å². The smallest absolute Gasteiger partial charge is 0.340 e. The Morgan fingerprint density at radius 3 is 2.62 bits per heavy atom. The maximum atomic E-state index is 11.5. The Labute approximate surface area is 97.4 Å². The summed E-state index contributed by atoms with van der Waals surface area (Å²) in [5.74, 6) is -1.45. The highest BCUT2D eigenvalue weighted by Crippen LogP contribution is 2.25. The Hall–Kier alpha value is -1.49. The minimum Gasteiger partial charge on any atom is -0.481 e. The first kappa shape index (κ1) is 12.6. The normalized spacial score (nSPS) is 10.2. The lowest BCUT2D eigenvalue weighted by Crippen LogP contribution is -2.07. The van der Waals surface area contributed by atoms with Crippen LogP contribution < -0.4 is 0 Å². The van der Waals surface area contributed by atoms with Crippen molar-refractivity contribution in [3.8, 4) is 0 Å². The van der Waals surface area contributed by atoms with E-state index >= 15 is 0 Å². The van der Waals surface area contributed by atoms with Gasteiger partial charge in [0.05, 0.1) is 12.7 Å². The first-order valence-corrected chi connectivity index (χ1v) is 5.02. The van der Waals surface area contributed by atoms with Gasteiger partial charge < -0.3 is 14.8 Å². The van der Waals surface area contributed by atoms with Gasteiger partial charge in [-0.1, -0.05) is 11.6 Å². The van der Waals surface area contributed by atoms with E-state index in [0.717, 1.165) is 0 Å². The predicted molar refractivity (Wildman–Crippen MR) is 57.8 cm³/mol. The number of aryl methyl sites for hydroxylation is 1. The number of halogens is 1. The highest BCUT2D eigenvalue weighted by molar-refractivity contribution is 6.31. The molecule has 0 aliphatic heterocycles. The van der Waals surface area contributed by atoms with Gasteiger partial charge in [0, 0.05) is 17.7 Å². The van der Waals surface area contributed by atoms with Crippen LogP contribution in [0.5, 0.6) is 0 Å². The van der Waals surface area contributed by atoms with Gasteiger partial charge in [0.15, 0.2) is 0 Å². The van der Waals surface area contributed by atoms with Crippen LogP contribution in [0.4, 0.5) is 0 Å². The van der Waals surface area contributed by atoms with Gasteiger partial charge in [-0.05, 0) is 13.3 Å². The van der Waals surface area contributed by atoms with Gasteiger partial charge in [-0.3, -0.25) is 4.79 Å². The van der Waals surface area contributed by atoms with Crippen molar-refractivity contribution in [3.05, 3.63) is 22.0 Å². The number of aromatic nitrogens is 1. The molecule has 0 unspecified atom stereocenters. The van der Waals surface area contributed by atoms with Crippen molar-refractivity contribution >= 4 is 23.5 Å². The summed E-state index contributed by atoms with van der Waals surface area (Å²) < 4.78 is 4.61. The fourth-order valence-electron chi connectivity index (χ4n) is 1.48. The van der Waals surface area contributed by atoms with E-state index in [0.29, 0.717) is 22.0 Å². The number of aromatic amines is 1. The largest absolute Gasteiger partial charge is 0.481 e. The molecule has 0 bridgehead atoms. The topological polar surface area (TPSA) is 79.4 Å². The van der Waals surface area contributed by atoms with Gasteiger partial charge in [0.2, 0.25) is 0 Å². The molecule has 0 saturated heterocycles. The van der Waals surface area contributed by atoms with E-state index in [1.807, 2.05) is 0 Å². The van der Waals surface area contributed by atoms with E-state index in [1.165, 1.54) is 7.11 Å². The molecule has 88 valence electrons. The number of nitrogens with one attached hydrogen (secondary N) is 1. The van der Waals surface area contributed by atoms with Crippen LogP contribution in [0.1, 0.15) is 28.0 Å². The quantitative estimate of drug-likeness (QED) is 0.793. The molecule has 0 atom stereocenters. The third kappa shape index (κ3) is 2.55. The molecule has 6 heteroatoms. The lowest BCUT2D eigenvalue weighted by molar-refractivity contribution is -0.136.